The molecule has 2 rings (SSSR count). The average molecular weight is 244 g/mol. The van der Waals surface area contributed by atoms with Gasteiger partial charge in [-0.25, -0.2) is 0 Å². The maximum Gasteiger partial charge on any atom is 0.116 e. The number of halogens is 2. The van der Waals surface area contributed by atoms with Gasteiger partial charge in [0.1, 0.15) is 5.82 Å². The average Bonchev–Trinajstić information content (AvgIpc) is 2.52. The molecule has 0 radical (unpaired) electrons. The number of nitrogens with two attached hydrogens (primary N) is 1. The van der Waals surface area contributed by atoms with Gasteiger partial charge in [-0.05, 0) is 30.7 Å². The Labute approximate surface area is 98.4 Å². The molecule has 0 amide bonds. The number of anilines is 1. The molecule has 0 spiro atoms. The van der Waals surface area contributed by atoms with Crippen LogP contribution in [-0.4, -0.2) is 6.54 Å². The molecule has 0 saturated carbocycles. The minimum atomic E-state index is 0.541. The fraction of sp³-hybridized carbons (Fsp3) is 0.200. The van der Waals surface area contributed by atoms with E-state index in [0.717, 1.165) is 17.8 Å². The monoisotopic (exact) mass is 243 g/mol. The summed E-state index contributed by atoms with van der Waals surface area (Å²) in [5.74, 6) is 0.695. The summed E-state index contributed by atoms with van der Waals surface area (Å²) in [6, 6.07) is 5.47. The summed E-state index contributed by atoms with van der Waals surface area (Å²) in [6.07, 6.45) is 0. The first-order valence-electron chi connectivity index (χ1n) is 4.52. The minimum Gasteiger partial charge on any atom is -0.384 e. The Balaban J connectivity index is 2.23. The highest BCUT2D eigenvalue weighted by molar-refractivity contribution is 6.42. The molecule has 0 bridgehead atoms. The first kappa shape index (κ1) is 10.5. The van der Waals surface area contributed by atoms with Crippen LogP contribution < -0.4 is 16.2 Å². The third-order valence-corrected chi connectivity index (χ3v) is 3.06. The summed E-state index contributed by atoms with van der Waals surface area (Å²) in [5.41, 5.74) is 10.9. The van der Waals surface area contributed by atoms with Gasteiger partial charge >= 0.3 is 0 Å². The van der Waals surface area contributed by atoms with Crippen molar-refractivity contribution in [2.45, 2.75) is 6.92 Å². The number of hydrogen-bond donors (Lipinski definition) is 2. The number of nitrogens with one attached hydrogen (secondary N) is 1. The van der Waals surface area contributed by atoms with E-state index in [4.69, 9.17) is 28.9 Å². The molecule has 0 aliphatic carbocycles. The molecular formula is C10H11Cl2N3. The predicted octanol–water partition coefficient (Wildman–Crippen LogP) is 2.51. The van der Waals surface area contributed by atoms with Crippen LogP contribution >= 0.6 is 23.2 Å². The van der Waals surface area contributed by atoms with Crippen molar-refractivity contribution < 1.29 is 0 Å². The van der Waals surface area contributed by atoms with E-state index >= 15 is 0 Å². The first-order chi connectivity index (χ1) is 7.08. The lowest BCUT2D eigenvalue weighted by molar-refractivity contribution is 0.796. The molecule has 0 fully saturated rings. The van der Waals surface area contributed by atoms with Crippen molar-refractivity contribution in [3.63, 3.8) is 0 Å². The quantitative estimate of drug-likeness (QED) is 0.797. The molecule has 80 valence electrons. The van der Waals surface area contributed by atoms with Crippen LogP contribution in [0.3, 0.4) is 0 Å². The smallest absolute Gasteiger partial charge is 0.116 e. The van der Waals surface area contributed by atoms with Gasteiger partial charge in [0.2, 0.25) is 0 Å². The number of hydrogen-bond acceptors (Lipinski definition) is 3. The van der Waals surface area contributed by atoms with E-state index < -0.39 is 0 Å². The maximum absolute atomic E-state index is 5.93. The van der Waals surface area contributed by atoms with Gasteiger partial charge in [0.25, 0.3) is 0 Å². The Kier molecular flexibility index (Phi) is 2.67. The Morgan fingerprint density at radius 3 is 2.60 bits per heavy atom. The molecule has 1 aliphatic heterocycles. The molecule has 0 aromatic heterocycles. The molecular weight excluding hydrogens is 233 g/mol. The van der Waals surface area contributed by atoms with Crippen LogP contribution in [0.4, 0.5) is 5.69 Å². The van der Waals surface area contributed by atoms with Crippen molar-refractivity contribution >= 4 is 28.9 Å². The van der Waals surface area contributed by atoms with E-state index in [1.54, 1.807) is 6.07 Å². The summed E-state index contributed by atoms with van der Waals surface area (Å²) in [4.78, 5) is 0. The van der Waals surface area contributed by atoms with E-state index in [0.29, 0.717) is 15.9 Å². The van der Waals surface area contributed by atoms with E-state index in [9.17, 15) is 0 Å². The summed E-state index contributed by atoms with van der Waals surface area (Å²) in [6.45, 7) is 2.74. The van der Waals surface area contributed by atoms with Crippen molar-refractivity contribution in [1.82, 2.24) is 5.43 Å². The Hall–Kier alpha value is -1.06. The SMILES string of the molecule is CC1=C(N)NN(c2ccc(Cl)c(Cl)c2)C1. The lowest BCUT2D eigenvalue weighted by atomic mass is 10.3. The van der Waals surface area contributed by atoms with Crippen molar-refractivity contribution in [3.05, 3.63) is 39.6 Å². The molecule has 1 aliphatic rings. The van der Waals surface area contributed by atoms with Gasteiger partial charge in [-0.15, -0.1) is 0 Å². The molecule has 5 heteroatoms. The van der Waals surface area contributed by atoms with Gasteiger partial charge in [-0.2, -0.15) is 0 Å². The zero-order chi connectivity index (χ0) is 11.0. The standard InChI is InChI=1S/C10H11Cl2N3/c1-6-5-15(14-10(6)13)7-2-3-8(11)9(12)4-7/h2-4,14H,5,13H2,1H3. The third-order valence-electron chi connectivity index (χ3n) is 2.33. The summed E-state index contributed by atoms with van der Waals surface area (Å²) in [7, 11) is 0. The second-order valence-corrected chi connectivity index (χ2v) is 4.30. The van der Waals surface area contributed by atoms with Gasteiger partial charge < -0.3 is 5.73 Å². The zero-order valence-corrected chi connectivity index (χ0v) is 9.73. The number of hydrazine groups is 1. The van der Waals surface area contributed by atoms with E-state index in [1.807, 2.05) is 24.1 Å². The van der Waals surface area contributed by atoms with Crippen LogP contribution in [0, 0.1) is 0 Å². The van der Waals surface area contributed by atoms with Crippen LogP contribution in [0.25, 0.3) is 0 Å². The highest BCUT2D eigenvalue weighted by Gasteiger charge is 2.17. The summed E-state index contributed by atoms with van der Waals surface area (Å²) in [5, 5.41) is 3.02. The predicted molar refractivity (Wildman–Crippen MR) is 63.8 cm³/mol. The summed E-state index contributed by atoms with van der Waals surface area (Å²) >= 11 is 11.8. The number of benzene rings is 1. The second-order valence-electron chi connectivity index (χ2n) is 3.49. The van der Waals surface area contributed by atoms with Gasteiger partial charge in [-0.1, -0.05) is 23.2 Å². The highest BCUT2D eigenvalue weighted by atomic mass is 35.5. The van der Waals surface area contributed by atoms with Crippen LogP contribution in [0.15, 0.2) is 29.6 Å². The number of nitrogens with zero attached hydrogens (tertiary/aromatic N) is 1. The zero-order valence-electron chi connectivity index (χ0n) is 8.22. The van der Waals surface area contributed by atoms with Gasteiger partial charge in [-0.3, -0.25) is 10.4 Å². The normalized spacial score (nSPS) is 15.8. The highest BCUT2D eigenvalue weighted by Crippen LogP contribution is 2.28. The van der Waals surface area contributed by atoms with Crippen molar-refractivity contribution in [2.24, 2.45) is 5.73 Å². The minimum absolute atomic E-state index is 0.541. The van der Waals surface area contributed by atoms with E-state index in [2.05, 4.69) is 5.43 Å². The molecule has 0 unspecified atom stereocenters. The van der Waals surface area contributed by atoms with Gasteiger partial charge in [0, 0.05) is 0 Å². The Morgan fingerprint density at radius 2 is 2.07 bits per heavy atom. The lowest BCUT2D eigenvalue weighted by Gasteiger charge is -2.19. The Morgan fingerprint density at radius 1 is 1.33 bits per heavy atom. The molecule has 3 nitrogen and oxygen atoms in total. The largest absolute Gasteiger partial charge is 0.384 e. The van der Waals surface area contributed by atoms with E-state index in [1.165, 1.54) is 0 Å². The molecule has 1 heterocycles. The van der Waals surface area contributed by atoms with Gasteiger partial charge in [0.15, 0.2) is 0 Å². The van der Waals surface area contributed by atoms with Crippen LogP contribution in [0.1, 0.15) is 6.92 Å². The topological polar surface area (TPSA) is 41.3 Å². The lowest BCUT2D eigenvalue weighted by Crippen LogP contribution is -2.33. The van der Waals surface area contributed by atoms with Crippen LogP contribution in [0.5, 0.6) is 0 Å². The molecule has 1 aromatic rings. The second kappa shape index (κ2) is 3.83. The van der Waals surface area contributed by atoms with Crippen molar-refractivity contribution in [1.29, 1.82) is 0 Å². The van der Waals surface area contributed by atoms with Gasteiger partial charge in [0.05, 0.1) is 22.3 Å². The van der Waals surface area contributed by atoms with Crippen molar-refractivity contribution in [2.75, 3.05) is 11.6 Å². The van der Waals surface area contributed by atoms with Crippen LogP contribution in [0.2, 0.25) is 10.0 Å². The summed E-state index contributed by atoms with van der Waals surface area (Å²) < 4.78 is 0. The Bertz CT molecular complexity index is 415. The van der Waals surface area contributed by atoms with Crippen molar-refractivity contribution in [3.8, 4) is 0 Å². The molecule has 0 atom stereocenters. The maximum atomic E-state index is 5.93. The molecule has 15 heavy (non-hydrogen) atoms. The fourth-order valence-corrected chi connectivity index (χ4v) is 1.70. The molecule has 0 saturated heterocycles. The molecule has 1 aromatic carbocycles. The third kappa shape index (κ3) is 1.98. The van der Waals surface area contributed by atoms with E-state index in [-0.39, 0.29) is 0 Å². The number of rotatable bonds is 1. The van der Waals surface area contributed by atoms with Crippen LogP contribution in [-0.2, 0) is 0 Å². The first-order valence-corrected chi connectivity index (χ1v) is 5.28. The fourth-order valence-electron chi connectivity index (χ4n) is 1.41. The molecule has 3 N–H and O–H groups in total.